The average Bonchev–Trinajstić information content (AvgIpc) is 2.52. The van der Waals surface area contributed by atoms with Gasteiger partial charge in [0.05, 0.1) is 5.52 Å². The van der Waals surface area contributed by atoms with Gasteiger partial charge in [-0.3, -0.25) is 4.79 Å². The molecule has 0 aliphatic rings. The molecule has 0 unspecified atom stereocenters. The van der Waals surface area contributed by atoms with Gasteiger partial charge in [-0.2, -0.15) is 0 Å². The van der Waals surface area contributed by atoms with Crippen molar-refractivity contribution in [2.24, 2.45) is 0 Å². The van der Waals surface area contributed by atoms with Crippen molar-refractivity contribution in [3.8, 4) is 0 Å². The number of aromatic nitrogens is 1. The van der Waals surface area contributed by atoms with Crippen LogP contribution < -0.4 is 0 Å². The number of benzene rings is 2. The minimum Gasteiger partial charge on any atom is -0.289 e. The zero-order valence-electron chi connectivity index (χ0n) is 13.0. The Labute approximate surface area is 140 Å². The van der Waals surface area contributed by atoms with Crippen molar-refractivity contribution in [2.75, 3.05) is 0 Å². The molecule has 2 nitrogen and oxygen atoms in total. The van der Waals surface area contributed by atoms with Crippen LogP contribution in [0.1, 0.15) is 27.0 Å². The molecule has 0 amide bonds. The number of aryl methyl sites for hydroxylation is 2. The van der Waals surface area contributed by atoms with E-state index in [0.29, 0.717) is 10.7 Å². The van der Waals surface area contributed by atoms with Crippen LogP contribution in [-0.2, 0) is 0 Å². The number of pyridine rings is 1. The van der Waals surface area contributed by atoms with Crippen LogP contribution in [0.5, 0.6) is 0 Å². The zero-order valence-corrected chi connectivity index (χ0v) is 13.8. The second-order valence-electron chi connectivity index (χ2n) is 5.58. The first kappa shape index (κ1) is 15.4. The van der Waals surface area contributed by atoms with E-state index < -0.39 is 0 Å². The first-order valence-corrected chi connectivity index (χ1v) is 7.77. The third kappa shape index (κ3) is 3.33. The maximum absolute atomic E-state index is 12.4. The Bertz CT molecular complexity index is 928. The van der Waals surface area contributed by atoms with Gasteiger partial charge in [-0.25, -0.2) is 4.98 Å². The van der Waals surface area contributed by atoms with E-state index in [-0.39, 0.29) is 5.78 Å². The van der Waals surface area contributed by atoms with Crippen molar-refractivity contribution in [3.05, 3.63) is 82.0 Å². The summed E-state index contributed by atoms with van der Waals surface area (Å²) in [4.78, 5) is 16.7. The molecule has 0 radical (unpaired) electrons. The molecule has 0 aliphatic heterocycles. The minimum atomic E-state index is -0.0354. The van der Waals surface area contributed by atoms with Crippen LogP contribution in [0.4, 0.5) is 0 Å². The van der Waals surface area contributed by atoms with Crippen molar-refractivity contribution in [1.82, 2.24) is 4.98 Å². The number of para-hydroxylation sites is 1. The number of hydrogen-bond acceptors (Lipinski definition) is 2. The molecular weight excluding hydrogens is 306 g/mol. The highest BCUT2D eigenvalue weighted by Crippen LogP contribution is 2.22. The van der Waals surface area contributed by atoms with Crippen LogP contribution in [-0.4, -0.2) is 10.8 Å². The van der Waals surface area contributed by atoms with Gasteiger partial charge in [0.1, 0.15) is 5.15 Å². The second kappa shape index (κ2) is 6.35. The van der Waals surface area contributed by atoms with Gasteiger partial charge in [0.15, 0.2) is 5.78 Å². The smallest absolute Gasteiger partial charge is 0.186 e. The molecule has 23 heavy (non-hydrogen) atoms. The topological polar surface area (TPSA) is 30.0 Å². The molecule has 1 heterocycles. The molecule has 0 fully saturated rings. The number of carbonyl (C=O) groups is 1. The summed E-state index contributed by atoms with van der Waals surface area (Å²) in [6, 6.07) is 15.5. The Kier molecular flexibility index (Phi) is 4.26. The number of hydrogen-bond donors (Lipinski definition) is 0. The number of allylic oxidation sites excluding steroid dienone is 1. The Hall–Kier alpha value is -2.45. The number of fused-ring (bicyclic) bond motifs is 1. The number of ketones is 1. The summed E-state index contributed by atoms with van der Waals surface area (Å²) < 4.78 is 0. The van der Waals surface area contributed by atoms with Gasteiger partial charge in [-0.1, -0.05) is 53.6 Å². The molecule has 0 bridgehead atoms. The van der Waals surface area contributed by atoms with Crippen molar-refractivity contribution < 1.29 is 4.79 Å². The summed E-state index contributed by atoms with van der Waals surface area (Å²) in [6.07, 6.45) is 3.28. The molecule has 3 aromatic rings. The van der Waals surface area contributed by atoms with E-state index in [2.05, 4.69) is 4.98 Å². The second-order valence-corrected chi connectivity index (χ2v) is 5.94. The Morgan fingerprint density at radius 1 is 1.09 bits per heavy atom. The van der Waals surface area contributed by atoms with Crippen LogP contribution in [0, 0.1) is 13.8 Å². The van der Waals surface area contributed by atoms with E-state index in [1.807, 2.05) is 62.4 Å². The Balaban J connectivity index is 1.93. The van der Waals surface area contributed by atoms with Crippen molar-refractivity contribution >= 4 is 34.4 Å². The van der Waals surface area contributed by atoms with Gasteiger partial charge in [-0.05, 0) is 43.7 Å². The standard InChI is InChI=1S/C20H16ClNO/c1-13-7-9-17(14(2)11-13)19(23)10-8-16-12-15-5-3-4-6-18(15)22-20(16)21/h3-12H,1-2H3/b10-8+. The fourth-order valence-electron chi connectivity index (χ4n) is 2.57. The average molecular weight is 322 g/mol. The Morgan fingerprint density at radius 2 is 1.87 bits per heavy atom. The summed E-state index contributed by atoms with van der Waals surface area (Å²) in [5.74, 6) is -0.0354. The lowest BCUT2D eigenvalue weighted by atomic mass is 10.0. The largest absolute Gasteiger partial charge is 0.289 e. The summed E-state index contributed by atoms with van der Waals surface area (Å²) in [7, 11) is 0. The number of nitrogens with zero attached hydrogens (tertiary/aromatic N) is 1. The molecule has 114 valence electrons. The van der Waals surface area contributed by atoms with E-state index in [4.69, 9.17) is 11.6 Å². The van der Waals surface area contributed by atoms with Crippen molar-refractivity contribution in [2.45, 2.75) is 13.8 Å². The quantitative estimate of drug-likeness (QED) is 0.367. The van der Waals surface area contributed by atoms with Crippen molar-refractivity contribution in [1.29, 1.82) is 0 Å². The van der Waals surface area contributed by atoms with Gasteiger partial charge in [0, 0.05) is 16.5 Å². The molecule has 3 heteroatoms. The monoisotopic (exact) mass is 321 g/mol. The first-order valence-electron chi connectivity index (χ1n) is 7.39. The van der Waals surface area contributed by atoms with E-state index >= 15 is 0 Å². The van der Waals surface area contributed by atoms with E-state index in [1.165, 1.54) is 0 Å². The van der Waals surface area contributed by atoms with Gasteiger partial charge in [-0.15, -0.1) is 0 Å². The van der Waals surface area contributed by atoms with Crippen LogP contribution in [0.3, 0.4) is 0 Å². The number of rotatable bonds is 3. The highest BCUT2D eigenvalue weighted by atomic mass is 35.5. The van der Waals surface area contributed by atoms with Crippen LogP contribution in [0.25, 0.3) is 17.0 Å². The predicted molar refractivity (Wildman–Crippen MR) is 96.0 cm³/mol. The third-order valence-electron chi connectivity index (χ3n) is 3.77. The third-order valence-corrected chi connectivity index (χ3v) is 4.07. The van der Waals surface area contributed by atoms with Gasteiger partial charge >= 0.3 is 0 Å². The molecule has 1 aromatic heterocycles. The molecule has 2 aromatic carbocycles. The summed E-state index contributed by atoms with van der Waals surface area (Å²) in [5.41, 5.74) is 4.41. The molecule has 0 aliphatic carbocycles. The van der Waals surface area contributed by atoms with Crippen LogP contribution in [0.2, 0.25) is 5.15 Å². The zero-order chi connectivity index (χ0) is 16.4. The highest BCUT2D eigenvalue weighted by molar-refractivity contribution is 6.31. The summed E-state index contributed by atoms with van der Waals surface area (Å²) in [6.45, 7) is 3.95. The summed E-state index contributed by atoms with van der Waals surface area (Å²) in [5, 5.41) is 1.39. The van der Waals surface area contributed by atoms with E-state index in [0.717, 1.165) is 27.6 Å². The molecule has 0 saturated heterocycles. The van der Waals surface area contributed by atoms with Gasteiger partial charge in [0.25, 0.3) is 0 Å². The Morgan fingerprint density at radius 3 is 2.65 bits per heavy atom. The first-order chi connectivity index (χ1) is 11.0. The molecule has 0 atom stereocenters. The SMILES string of the molecule is Cc1ccc(C(=O)/C=C/c2cc3ccccc3nc2Cl)c(C)c1. The van der Waals surface area contributed by atoms with E-state index in [9.17, 15) is 4.79 Å². The van der Waals surface area contributed by atoms with E-state index in [1.54, 1.807) is 12.2 Å². The molecule has 0 N–H and O–H groups in total. The lowest BCUT2D eigenvalue weighted by Crippen LogP contribution is -1.98. The van der Waals surface area contributed by atoms with Crippen LogP contribution >= 0.6 is 11.6 Å². The molecule has 3 rings (SSSR count). The maximum atomic E-state index is 12.4. The minimum absolute atomic E-state index is 0.0354. The normalized spacial score (nSPS) is 11.3. The fourth-order valence-corrected chi connectivity index (χ4v) is 2.78. The molecular formula is C20H16ClNO. The van der Waals surface area contributed by atoms with Crippen LogP contribution in [0.15, 0.2) is 54.6 Å². The molecule has 0 spiro atoms. The van der Waals surface area contributed by atoms with Gasteiger partial charge in [0.2, 0.25) is 0 Å². The lowest BCUT2D eigenvalue weighted by molar-refractivity contribution is 0.104. The predicted octanol–water partition coefficient (Wildman–Crippen LogP) is 5.40. The summed E-state index contributed by atoms with van der Waals surface area (Å²) >= 11 is 6.21. The lowest BCUT2D eigenvalue weighted by Gasteiger charge is -2.04. The molecule has 0 saturated carbocycles. The number of carbonyl (C=O) groups excluding carboxylic acids is 1. The maximum Gasteiger partial charge on any atom is 0.186 e. The highest BCUT2D eigenvalue weighted by Gasteiger charge is 2.07. The number of halogens is 1. The van der Waals surface area contributed by atoms with Gasteiger partial charge < -0.3 is 0 Å². The fraction of sp³-hybridized carbons (Fsp3) is 0.100. The van der Waals surface area contributed by atoms with Crippen molar-refractivity contribution in [3.63, 3.8) is 0 Å².